The zero-order valence-corrected chi connectivity index (χ0v) is 9.77. The fraction of sp³-hybridized carbons (Fsp3) is 0.308. The highest BCUT2D eigenvalue weighted by Crippen LogP contribution is 2.34. The average Bonchev–Trinajstić information content (AvgIpc) is 2.73. The van der Waals surface area contributed by atoms with Gasteiger partial charge in [0.25, 0.3) is 0 Å². The molecule has 1 heterocycles. The van der Waals surface area contributed by atoms with Gasteiger partial charge >= 0.3 is 5.97 Å². The predicted octanol–water partition coefficient (Wildman–Crippen LogP) is 3.02. The van der Waals surface area contributed by atoms with Gasteiger partial charge in [-0.05, 0) is 12.5 Å². The van der Waals surface area contributed by atoms with Gasteiger partial charge in [0.15, 0.2) is 11.3 Å². The van der Waals surface area contributed by atoms with Crippen molar-refractivity contribution in [3.8, 4) is 5.75 Å². The summed E-state index contributed by atoms with van der Waals surface area (Å²) in [5.74, 6) is -0.754. The van der Waals surface area contributed by atoms with Crippen LogP contribution in [0.25, 0.3) is 11.0 Å². The van der Waals surface area contributed by atoms with Crippen molar-refractivity contribution < 1.29 is 19.1 Å². The fourth-order valence-corrected chi connectivity index (χ4v) is 2.01. The molecule has 2 rings (SSSR count). The van der Waals surface area contributed by atoms with Crippen LogP contribution in [0.3, 0.4) is 0 Å². The molecule has 1 atom stereocenters. The average molecular weight is 234 g/mol. The van der Waals surface area contributed by atoms with Gasteiger partial charge in [-0.25, -0.2) is 0 Å². The van der Waals surface area contributed by atoms with Gasteiger partial charge in [0.1, 0.15) is 0 Å². The minimum absolute atomic E-state index is 0.529. The van der Waals surface area contributed by atoms with Crippen molar-refractivity contribution in [2.24, 2.45) is 0 Å². The molecule has 4 heteroatoms. The molecule has 0 saturated heterocycles. The third-order valence-corrected chi connectivity index (χ3v) is 2.90. The molecule has 0 bridgehead atoms. The molecule has 4 nitrogen and oxygen atoms in total. The summed E-state index contributed by atoms with van der Waals surface area (Å²) < 4.78 is 10.6. The Morgan fingerprint density at radius 1 is 1.53 bits per heavy atom. The van der Waals surface area contributed by atoms with Crippen molar-refractivity contribution in [1.82, 2.24) is 0 Å². The highest BCUT2D eigenvalue weighted by molar-refractivity contribution is 5.91. The van der Waals surface area contributed by atoms with Crippen LogP contribution in [0.5, 0.6) is 5.75 Å². The molecule has 2 aromatic rings. The van der Waals surface area contributed by atoms with E-state index < -0.39 is 11.9 Å². The highest BCUT2D eigenvalue weighted by atomic mass is 16.5. The number of methoxy groups -OCH3 is 1. The molecule has 0 aliphatic heterocycles. The van der Waals surface area contributed by atoms with Crippen LogP contribution < -0.4 is 4.74 Å². The van der Waals surface area contributed by atoms with Crippen molar-refractivity contribution in [2.75, 3.05) is 7.11 Å². The van der Waals surface area contributed by atoms with Gasteiger partial charge in [0, 0.05) is 10.9 Å². The summed E-state index contributed by atoms with van der Waals surface area (Å²) in [6.45, 7) is 1.85. The molecule has 0 aliphatic rings. The van der Waals surface area contributed by atoms with Gasteiger partial charge in [-0.15, -0.1) is 0 Å². The summed E-state index contributed by atoms with van der Waals surface area (Å²) in [6.07, 6.45) is 2.04. The lowest BCUT2D eigenvalue weighted by Crippen LogP contribution is -2.09. The predicted molar refractivity (Wildman–Crippen MR) is 63.4 cm³/mol. The number of ether oxygens (including phenoxy) is 1. The van der Waals surface area contributed by atoms with Gasteiger partial charge in [-0.1, -0.05) is 19.1 Å². The Hall–Kier alpha value is -1.97. The van der Waals surface area contributed by atoms with Crippen LogP contribution >= 0.6 is 0 Å². The van der Waals surface area contributed by atoms with Crippen molar-refractivity contribution in [3.63, 3.8) is 0 Å². The molecule has 0 saturated carbocycles. The standard InChI is InChI=1S/C13H14O4/c1-3-8(13(14)15)10-7-17-12-9(10)5-4-6-11(12)16-2/h4-8H,3H2,1-2H3,(H,14,15). The summed E-state index contributed by atoms with van der Waals surface area (Å²) in [5, 5.41) is 9.96. The van der Waals surface area contributed by atoms with Crippen LogP contribution in [-0.2, 0) is 4.79 Å². The monoisotopic (exact) mass is 234 g/mol. The number of benzene rings is 1. The Labute approximate surface area is 98.8 Å². The lowest BCUT2D eigenvalue weighted by Gasteiger charge is -2.07. The second kappa shape index (κ2) is 4.49. The number of hydrogen-bond donors (Lipinski definition) is 1. The number of fused-ring (bicyclic) bond motifs is 1. The second-order valence-electron chi connectivity index (χ2n) is 3.83. The summed E-state index contributed by atoms with van der Waals surface area (Å²) in [6, 6.07) is 5.47. The molecular weight excluding hydrogens is 220 g/mol. The Bertz CT molecular complexity index is 541. The molecule has 0 radical (unpaired) electrons. The SMILES string of the molecule is CCC(C(=O)O)c1coc2c(OC)cccc12. The van der Waals surface area contributed by atoms with Crippen molar-refractivity contribution >= 4 is 16.9 Å². The second-order valence-corrected chi connectivity index (χ2v) is 3.83. The summed E-state index contributed by atoms with van der Waals surface area (Å²) in [5.41, 5.74) is 1.30. The maximum absolute atomic E-state index is 11.2. The van der Waals surface area contributed by atoms with Gasteiger partial charge in [0.2, 0.25) is 0 Å². The number of carbonyl (C=O) groups is 1. The number of para-hydroxylation sites is 1. The van der Waals surface area contributed by atoms with E-state index in [4.69, 9.17) is 14.3 Å². The summed E-state index contributed by atoms with van der Waals surface area (Å²) in [4.78, 5) is 11.2. The fourth-order valence-electron chi connectivity index (χ4n) is 2.01. The first-order valence-corrected chi connectivity index (χ1v) is 5.46. The molecule has 1 N–H and O–H groups in total. The number of carboxylic acids is 1. The molecular formula is C13H14O4. The number of rotatable bonds is 4. The molecule has 1 aromatic heterocycles. The van der Waals surface area contributed by atoms with E-state index in [1.807, 2.05) is 19.1 Å². The minimum Gasteiger partial charge on any atom is -0.493 e. The number of furan rings is 1. The largest absolute Gasteiger partial charge is 0.493 e. The summed E-state index contributed by atoms with van der Waals surface area (Å²) >= 11 is 0. The van der Waals surface area contributed by atoms with Crippen LogP contribution in [0.15, 0.2) is 28.9 Å². The molecule has 0 aliphatic carbocycles. The Morgan fingerprint density at radius 3 is 2.88 bits per heavy atom. The maximum atomic E-state index is 11.2. The lowest BCUT2D eigenvalue weighted by molar-refractivity contribution is -0.138. The zero-order chi connectivity index (χ0) is 12.4. The first kappa shape index (κ1) is 11.5. The van der Waals surface area contributed by atoms with Crippen LogP contribution in [0.2, 0.25) is 0 Å². The molecule has 1 aromatic carbocycles. The number of aliphatic carboxylic acids is 1. The third kappa shape index (κ3) is 1.86. The van der Waals surface area contributed by atoms with E-state index >= 15 is 0 Å². The Morgan fingerprint density at radius 2 is 2.29 bits per heavy atom. The van der Waals surface area contributed by atoms with Gasteiger partial charge in [0.05, 0.1) is 19.3 Å². The van der Waals surface area contributed by atoms with Gasteiger partial charge in [-0.2, -0.15) is 0 Å². The number of hydrogen-bond acceptors (Lipinski definition) is 3. The zero-order valence-electron chi connectivity index (χ0n) is 9.77. The van der Waals surface area contributed by atoms with E-state index in [9.17, 15) is 4.79 Å². The van der Waals surface area contributed by atoms with Crippen LogP contribution in [0.4, 0.5) is 0 Å². The first-order chi connectivity index (χ1) is 8.19. The lowest BCUT2D eigenvalue weighted by atomic mass is 9.96. The molecule has 0 fully saturated rings. The van der Waals surface area contributed by atoms with Crippen molar-refractivity contribution in [1.29, 1.82) is 0 Å². The van der Waals surface area contributed by atoms with E-state index in [2.05, 4.69) is 0 Å². The molecule has 90 valence electrons. The topological polar surface area (TPSA) is 59.7 Å². The van der Waals surface area contributed by atoms with Gasteiger partial charge < -0.3 is 14.3 Å². The third-order valence-electron chi connectivity index (χ3n) is 2.90. The summed E-state index contributed by atoms with van der Waals surface area (Å²) in [7, 11) is 1.56. The van der Waals surface area contributed by atoms with Crippen LogP contribution in [-0.4, -0.2) is 18.2 Å². The van der Waals surface area contributed by atoms with Crippen LogP contribution in [0, 0.1) is 0 Å². The smallest absolute Gasteiger partial charge is 0.311 e. The highest BCUT2D eigenvalue weighted by Gasteiger charge is 2.23. The normalized spacial score (nSPS) is 12.6. The van der Waals surface area contributed by atoms with E-state index in [1.165, 1.54) is 6.26 Å². The Kier molecular flexibility index (Phi) is 3.04. The minimum atomic E-state index is -0.835. The molecule has 0 spiro atoms. The first-order valence-electron chi connectivity index (χ1n) is 5.46. The van der Waals surface area contributed by atoms with Crippen molar-refractivity contribution in [3.05, 3.63) is 30.0 Å². The Balaban J connectivity index is 2.60. The molecule has 17 heavy (non-hydrogen) atoms. The number of carboxylic acid groups (broad SMARTS) is 1. The van der Waals surface area contributed by atoms with Crippen molar-refractivity contribution in [2.45, 2.75) is 19.3 Å². The molecule has 1 unspecified atom stereocenters. The quantitative estimate of drug-likeness (QED) is 0.883. The maximum Gasteiger partial charge on any atom is 0.311 e. The van der Waals surface area contributed by atoms with Gasteiger partial charge in [-0.3, -0.25) is 4.79 Å². The molecule has 0 amide bonds. The van der Waals surface area contributed by atoms with E-state index in [1.54, 1.807) is 13.2 Å². The van der Waals surface area contributed by atoms with E-state index in [-0.39, 0.29) is 0 Å². The van der Waals surface area contributed by atoms with E-state index in [0.717, 1.165) is 5.39 Å². The van der Waals surface area contributed by atoms with Crippen LogP contribution in [0.1, 0.15) is 24.8 Å². The van der Waals surface area contributed by atoms with E-state index in [0.29, 0.717) is 23.3 Å².